The maximum absolute atomic E-state index is 12.1. The molecule has 86 valence electrons. The van der Waals surface area contributed by atoms with E-state index in [4.69, 9.17) is 0 Å². The number of fused-ring (bicyclic) bond motifs is 1. The minimum absolute atomic E-state index is 0.198. The molecule has 0 aromatic rings. The number of hydrogen-bond acceptors (Lipinski definition) is 2. The third-order valence-corrected chi connectivity index (χ3v) is 3.92. The summed E-state index contributed by atoms with van der Waals surface area (Å²) in [6.07, 6.45) is 9.21. The van der Waals surface area contributed by atoms with E-state index in [0.717, 1.165) is 37.7 Å². The first-order chi connectivity index (χ1) is 7.69. The van der Waals surface area contributed by atoms with E-state index in [1.54, 1.807) is 6.08 Å². The SMILES string of the molecule is C=CCCC[C@]12CCC(=O)C=C1CCC2=O. The zero-order valence-corrected chi connectivity index (χ0v) is 9.63. The van der Waals surface area contributed by atoms with Gasteiger partial charge in [-0.15, -0.1) is 6.58 Å². The van der Waals surface area contributed by atoms with Gasteiger partial charge in [0.15, 0.2) is 5.78 Å². The van der Waals surface area contributed by atoms with Crippen LogP contribution in [0.15, 0.2) is 24.3 Å². The molecule has 0 aromatic carbocycles. The van der Waals surface area contributed by atoms with Crippen molar-refractivity contribution in [3.05, 3.63) is 24.3 Å². The van der Waals surface area contributed by atoms with E-state index in [1.807, 2.05) is 6.08 Å². The Hall–Kier alpha value is -1.18. The molecule has 0 bridgehead atoms. The van der Waals surface area contributed by atoms with Gasteiger partial charge in [-0.2, -0.15) is 0 Å². The highest BCUT2D eigenvalue weighted by Crippen LogP contribution is 2.49. The molecule has 2 nitrogen and oxygen atoms in total. The molecule has 0 spiro atoms. The molecule has 0 aromatic heterocycles. The summed E-state index contributed by atoms with van der Waals surface area (Å²) in [5, 5.41) is 0. The Morgan fingerprint density at radius 1 is 1.31 bits per heavy atom. The van der Waals surface area contributed by atoms with Crippen LogP contribution in [0.2, 0.25) is 0 Å². The van der Waals surface area contributed by atoms with Crippen molar-refractivity contribution in [3.63, 3.8) is 0 Å². The van der Waals surface area contributed by atoms with E-state index in [1.165, 1.54) is 0 Å². The van der Waals surface area contributed by atoms with Gasteiger partial charge in [0, 0.05) is 12.8 Å². The van der Waals surface area contributed by atoms with Crippen LogP contribution < -0.4 is 0 Å². The van der Waals surface area contributed by atoms with Gasteiger partial charge in [0.25, 0.3) is 0 Å². The van der Waals surface area contributed by atoms with Gasteiger partial charge >= 0.3 is 0 Å². The summed E-state index contributed by atoms with van der Waals surface area (Å²) < 4.78 is 0. The van der Waals surface area contributed by atoms with Crippen molar-refractivity contribution in [1.29, 1.82) is 0 Å². The van der Waals surface area contributed by atoms with Crippen LogP contribution in [0.5, 0.6) is 0 Å². The largest absolute Gasteiger partial charge is 0.299 e. The molecule has 1 fully saturated rings. The molecular weight excluding hydrogens is 200 g/mol. The Morgan fingerprint density at radius 3 is 2.88 bits per heavy atom. The van der Waals surface area contributed by atoms with E-state index in [0.29, 0.717) is 18.6 Å². The van der Waals surface area contributed by atoms with Gasteiger partial charge in [-0.25, -0.2) is 0 Å². The van der Waals surface area contributed by atoms with Gasteiger partial charge in [-0.1, -0.05) is 11.6 Å². The number of carbonyl (C=O) groups excluding carboxylic acids is 2. The van der Waals surface area contributed by atoms with Crippen LogP contribution >= 0.6 is 0 Å². The van der Waals surface area contributed by atoms with Crippen molar-refractivity contribution in [2.45, 2.75) is 44.9 Å². The minimum atomic E-state index is -0.267. The Bertz CT molecular complexity index is 365. The van der Waals surface area contributed by atoms with E-state index in [2.05, 4.69) is 6.58 Å². The van der Waals surface area contributed by atoms with Crippen LogP contribution in [-0.4, -0.2) is 11.6 Å². The smallest absolute Gasteiger partial charge is 0.155 e. The molecule has 0 saturated heterocycles. The van der Waals surface area contributed by atoms with Crippen molar-refractivity contribution < 1.29 is 9.59 Å². The Labute approximate surface area is 96.4 Å². The molecule has 0 heterocycles. The fraction of sp³-hybridized carbons (Fsp3) is 0.571. The van der Waals surface area contributed by atoms with Crippen molar-refractivity contribution in [3.8, 4) is 0 Å². The van der Waals surface area contributed by atoms with Crippen LogP contribution in [0, 0.1) is 5.41 Å². The fourth-order valence-corrected chi connectivity index (χ4v) is 2.99. The Kier molecular flexibility index (Phi) is 3.08. The molecule has 1 atom stereocenters. The van der Waals surface area contributed by atoms with Gasteiger partial charge in [0.1, 0.15) is 5.78 Å². The average molecular weight is 218 g/mol. The maximum Gasteiger partial charge on any atom is 0.155 e. The van der Waals surface area contributed by atoms with Crippen LogP contribution in [0.3, 0.4) is 0 Å². The fourth-order valence-electron chi connectivity index (χ4n) is 2.99. The average Bonchev–Trinajstić information content (AvgIpc) is 2.58. The maximum atomic E-state index is 12.1. The van der Waals surface area contributed by atoms with Crippen molar-refractivity contribution in [2.75, 3.05) is 0 Å². The first-order valence-electron chi connectivity index (χ1n) is 6.07. The summed E-state index contributed by atoms with van der Waals surface area (Å²) in [6, 6.07) is 0. The lowest BCUT2D eigenvalue weighted by Gasteiger charge is -2.32. The lowest BCUT2D eigenvalue weighted by Crippen LogP contribution is -2.31. The molecule has 0 aliphatic heterocycles. The van der Waals surface area contributed by atoms with E-state index < -0.39 is 0 Å². The number of ketones is 2. The number of carbonyl (C=O) groups is 2. The monoisotopic (exact) mass is 218 g/mol. The first kappa shape index (κ1) is 11.3. The van der Waals surface area contributed by atoms with Crippen LogP contribution in [0.1, 0.15) is 44.9 Å². The predicted molar refractivity (Wildman–Crippen MR) is 63.0 cm³/mol. The van der Waals surface area contributed by atoms with Gasteiger partial charge in [0.05, 0.1) is 5.41 Å². The van der Waals surface area contributed by atoms with Crippen LogP contribution in [-0.2, 0) is 9.59 Å². The molecule has 2 heteroatoms. The van der Waals surface area contributed by atoms with E-state index in [9.17, 15) is 9.59 Å². The van der Waals surface area contributed by atoms with Crippen LogP contribution in [0.4, 0.5) is 0 Å². The van der Waals surface area contributed by atoms with Gasteiger partial charge in [0.2, 0.25) is 0 Å². The standard InChI is InChI=1S/C14H18O2/c1-2-3-4-8-14-9-7-12(15)10-11(14)5-6-13(14)16/h2,10H,1,3-9H2/t14-/m0/s1. The number of allylic oxidation sites excluding steroid dienone is 3. The number of unbranched alkanes of at least 4 members (excludes halogenated alkanes) is 1. The summed E-state index contributed by atoms with van der Waals surface area (Å²) in [4.78, 5) is 23.4. The lowest BCUT2D eigenvalue weighted by molar-refractivity contribution is -0.126. The molecule has 16 heavy (non-hydrogen) atoms. The van der Waals surface area contributed by atoms with Gasteiger partial charge < -0.3 is 0 Å². The topological polar surface area (TPSA) is 34.1 Å². The molecule has 0 amide bonds. The second kappa shape index (κ2) is 4.36. The Balaban J connectivity index is 2.20. The molecule has 0 radical (unpaired) electrons. The number of hydrogen-bond donors (Lipinski definition) is 0. The summed E-state index contributed by atoms with van der Waals surface area (Å²) in [6.45, 7) is 3.70. The minimum Gasteiger partial charge on any atom is -0.299 e. The third-order valence-electron chi connectivity index (χ3n) is 3.92. The molecule has 0 N–H and O–H groups in total. The van der Waals surface area contributed by atoms with Crippen molar-refractivity contribution >= 4 is 11.6 Å². The number of rotatable bonds is 4. The second-order valence-corrected chi connectivity index (χ2v) is 4.82. The zero-order valence-electron chi connectivity index (χ0n) is 9.63. The van der Waals surface area contributed by atoms with Crippen molar-refractivity contribution in [1.82, 2.24) is 0 Å². The summed E-state index contributed by atoms with van der Waals surface area (Å²) in [5.74, 6) is 0.555. The van der Waals surface area contributed by atoms with Crippen LogP contribution in [0.25, 0.3) is 0 Å². The zero-order chi connectivity index (χ0) is 11.6. The Morgan fingerprint density at radius 2 is 2.12 bits per heavy atom. The third kappa shape index (κ3) is 1.77. The highest BCUT2D eigenvalue weighted by Gasteiger charge is 2.46. The molecule has 2 rings (SSSR count). The molecule has 2 aliphatic carbocycles. The van der Waals surface area contributed by atoms with Gasteiger partial charge in [-0.05, 0) is 38.2 Å². The highest BCUT2D eigenvalue weighted by atomic mass is 16.1. The van der Waals surface area contributed by atoms with E-state index in [-0.39, 0.29) is 11.2 Å². The molecule has 0 unspecified atom stereocenters. The van der Waals surface area contributed by atoms with Gasteiger partial charge in [-0.3, -0.25) is 9.59 Å². The summed E-state index contributed by atoms with van der Waals surface area (Å²) >= 11 is 0. The first-order valence-corrected chi connectivity index (χ1v) is 6.07. The molecular formula is C14H18O2. The lowest BCUT2D eigenvalue weighted by atomic mass is 9.70. The second-order valence-electron chi connectivity index (χ2n) is 4.82. The summed E-state index contributed by atoms with van der Waals surface area (Å²) in [7, 11) is 0. The number of Topliss-reactive ketones (excluding diaryl/α,β-unsaturated/α-hetero) is 1. The molecule has 2 aliphatic rings. The van der Waals surface area contributed by atoms with Crippen molar-refractivity contribution in [2.24, 2.45) is 5.41 Å². The quantitative estimate of drug-likeness (QED) is 0.537. The predicted octanol–water partition coefficient (Wildman–Crippen LogP) is 2.98. The highest BCUT2D eigenvalue weighted by molar-refractivity contribution is 5.99. The molecule has 1 saturated carbocycles. The summed E-state index contributed by atoms with van der Waals surface area (Å²) in [5.41, 5.74) is 0.842. The van der Waals surface area contributed by atoms with E-state index >= 15 is 0 Å². The normalized spacial score (nSPS) is 28.9.